The molecule has 2 aliphatic heterocycles. The van der Waals surface area contributed by atoms with Crippen molar-refractivity contribution in [1.29, 1.82) is 0 Å². The van der Waals surface area contributed by atoms with Crippen molar-refractivity contribution in [2.75, 3.05) is 6.54 Å². The van der Waals surface area contributed by atoms with Gasteiger partial charge in [0.2, 0.25) is 30.2 Å². The zero-order chi connectivity index (χ0) is 30.0. The molecular formula is C30H31N3O9. The Hall–Kier alpha value is -5.13. The molecule has 0 bridgehead atoms. The molecule has 0 unspecified atom stereocenters. The number of ether oxygens (including phenoxy) is 4. The number of rotatable bonds is 7. The van der Waals surface area contributed by atoms with E-state index in [1.165, 1.54) is 32.9 Å². The van der Waals surface area contributed by atoms with Gasteiger partial charge in [0, 0.05) is 38.4 Å². The number of carbonyl (C=O) groups is 3. The summed E-state index contributed by atoms with van der Waals surface area (Å²) in [5.74, 6) is 0.180. The number of fused-ring (bicyclic) bond motifs is 2. The van der Waals surface area contributed by atoms with E-state index in [9.17, 15) is 24.6 Å². The Morgan fingerprint density at radius 1 is 0.643 bits per heavy atom. The summed E-state index contributed by atoms with van der Waals surface area (Å²) < 4.78 is 24.8. The van der Waals surface area contributed by atoms with E-state index in [0.717, 1.165) is 5.56 Å². The van der Waals surface area contributed by atoms with E-state index in [2.05, 4.69) is 16.0 Å². The van der Waals surface area contributed by atoms with Crippen molar-refractivity contribution >= 4 is 17.7 Å². The van der Waals surface area contributed by atoms with Gasteiger partial charge < -0.3 is 45.1 Å². The number of benzene rings is 3. The molecule has 5 N–H and O–H groups in total. The quantitative estimate of drug-likeness (QED) is 0.266. The molecular weight excluding hydrogens is 546 g/mol. The van der Waals surface area contributed by atoms with E-state index < -0.39 is 24.7 Å². The van der Waals surface area contributed by atoms with Crippen LogP contribution in [0.2, 0.25) is 0 Å². The molecule has 3 amide bonds. The lowest BCUT2D eigenvalue weighted by atomic mass is 10.0. The highest BCUT2D eigenvalue weighted by atomic mass is 16.6. The highest BCUT2D eigenvalue weighted by Crippen LogP contribution is 2.44. The summed E-state index contributed by atoms with van der Waals surface area (Å²) in [6.07, 6.45) is -2.84. The van der Waals surface area contributed by atoms with Crippen LogP contribution in [0.25, 0.3) is 0 Å². The minimum atomic E-state index is -0.922. The number of hydrogen-bond acceptors (Lipinski definition) is 9. The number of phenolic OH excluding ortho intramolecular Hbond substituents is 2. The van der Waals surface area contributed by atoms with Crippen LogP contribution in [0.5, 0.6) is 34.5 Å². The lowest BCUT2D eigenvalue weighted by Gasteiger charge is -2.37. The molecule has 0 aromatic heterocycles. The largest absolute Gasteiger partial charge is 0.504 e. The van der Waals surface area contributed by atoms with Gasteiger partial charge in [-0.2, -0.15) is 0 Å². The topological polar surface area (TPSA) is 165 Å². The summed E-state index contributed by atoms with van der Waals surface area (Å²) in [6, 6.07) is 14.8. The van der Waals surface area contributed by atoms with Crippen LogP contribution in [0.15, 0.2) is 54.6 Å². The summed E-state index contributed by atoms with van der Waals surface area (Å²) in [5.41, 5.74) is 1.99. The number of hydrogen-bond donors (Lipinski definition) is 5. The lowest BCUT2D eigenvalue weighted by molar-refractivity contribution is -0.125. The van der Waals surface area contributed by atoms with Crippen LogP contribution < -0.4 is 34.9 Å². The molecule has 0 radical (unpaired) electrons. The first-order valence-corrected chi connectivity index (χ1v) is 13.3. The third kappa shape index (κ3) is 6.27. The molecule has 2 aliphatic rings. The van der Waals surface area contributed by atoms with Crippen molar-refractivity contribution in [1.82, 2.24) is 16.0 Å². The fraction of sp³-hybridized carbons (Fsp3) is 0.300. The number of amides is 3. The molecule has 12 nitrogen and oxygen atoms in total. The van der Waals surface area contributed by atoms with Gasteiger partial charge in [0.1, 0.15) is 0 Å². The Bertz CT molecular complexity index is 1530. The SMILES string of the molecule is CC(=O)NCCc1ccc2c(c1)O[C@H](c1ccc3c(c1)O[C@H](c1ccc(O)c(O)c1)[C@@H](NC(C)=O)O3)[C@@H](NC(C)=O)O2. The fourth-order valence-electron chi connectivity index (χ4n) is 4.78. The van der Waals surface area contributed by atoms with Gasteiger partial charge in [-0.1, -0.05) is 18.2 Å². The van der Waals surface area contributed by atoms with Crippen molar-refractivity contribution in [2.24, 2.45) is 0 Å². The van der Waals surface area contributed by atoms with E-state index >= 15 is 0 Å². The van der Waals surface area contributed by atoms with Crippen molar-refractivity contribution in [2.45, 2.75) is 51.9 Å². The normalized spacial score (nSPS) is 20.3. The Morgan fingerprint density at radius 3 is 1.76 bits per heavy atom. The lowest BCUT2D eigenvalue weighted by Crippen LogP contribution is -2.47. The van der Waals surface area contributed by atoms with Crippen LogP contribution in [-0.4, -0.2) is 46.9 Å². The van der Waals surface area contributed by atoms with Crippen LogP contribution in [0.3, 0.4) is 0 Å². The molecule has 3 aromatic carbocycles. The van der Waals surface area contributed by atoms with Gasteiger partial charge in [0.05, 0.1) is 0 Å². The van der Waals surface area contributed by atoms with E-state index in [-0.39, 0.29) is 29.2 Å². The Balaban J connectivity index is 1.45. The highest BCUT2D eigenvalue weighted by Gasteiger charge is 2.38. The van der Waals surface area contributed by atoms with Crippen molar-refractivity contribution in [3.8, 4) is 34.5 Å². The zero-order valence-electron chi connectivity index (χ0n) is 23.2. The second-order valence-electron chi connectivity index (χ2n) is 10.0. The smallest absolute Gasteiger partial charge is 0.219 e. The fourth-order valence-corrected chi connectivity index (χ4v) is 4.78. The number of phenols is 2. The molecule has 42 heavy (non-hydrogen) atoms. The predicted molar refractivity (Wildman–Crippen MR) is 148 cm³/mol. The molecule has 3 aromatic rings. The molecule has 12 heteroatoms. The molecule has 0 aliphatic carbocycles. The molecule has 2 heterocycles. The number of carbonyl (C=O) groups excluding carboxylic acids is 3. The molecule has 0 fully saturated rings. The minimum Gasteiger partial charge on any atom is -0.504 e. The Morgan fingerprint density at radius 2 is 1.19 bits per heavy atom. The molecule has 5 rings (SSSR count). The highest BCUT2D eigenvalue weighted by molar-refractivity contribution is 5.74. The van der Waals surface area contributed by atoms with Crippen molar-refractivity contribution < 1.29 is 43.5 Å². The van der Waals surface area contributed by atoms with Gasteiger partial charge in [-0.25, -0.2) is 0 Å². The summed E-state index contributed by atoms with van der Waals surface area (Å²) in [4.78, 5) is 35.2. The summed E-state index contributed by atoms with van der Waals surface area (Å²) in [5, 5.41) is 28.1. The molecule has 0 saturated carbocycles. The van der Waals surface area contributed by atoms with Gasteiger partial charge in [0.15, 0.2) is 46.7 Å². The first kappa shape index (κ1) is 28.4. The van der Waals surface area contributed by atoms with Gasteiger partial charge in [0.25, 0.3) is 0 Å². The summed E-state index contributed by atoms with van der Waals surface area (Å²) in [7, 11) is 0. The molecule has 0 saturated heterocycles. The van der Waals surface area contributed by atoms with Crippen LogP contribution in [-0.2, 0) is 20.8 Å². The predicted octanol–water partition coefficient (Wildman–Crippen LogP) is 2.73. The second kappa shape index (κ2) is 11.8. The maximum Gasteiger partial charge on any atom is 0.219 e. The van der Waals surface area contributed by atoms with Gasteiger partial charge in [-0.15, -0.1) is 0 Å². The maximum absolute atomic E-state index is 12.0. The molecule has 0 spiro atoms. The molecule has 4 atom stereocenters. The van der Waals surface area contributed by atoms with Gasteiger partial charge >= 0.3 is 0 Å². The zero-order valence-corrected chi connectivity index (χ0v) is 23.2. The second-order valence-corrected chi connectivity index (χ2v) is 10.0. The maximum atomic E-state index is 12.0. The Kier molecular flexibility index (Phi) is 7.96. The van der Waals surface area contributed by atoms with Crippen molar-refractivity contribution in [3.05, 3.63) is 71.3 Å². The third-order valence-electron chi connectivity index (χ3n) is 6.68. The Labute approximate surface area is 241 Å². The molecule has 220 valence electrons. The van der Waals surface area contributed by atoms with E-state index in [1.54, 1.807) is 30.3 Å². The van der Waals surface area contributed by atoms with Gasteiger partial charge in [-0.05, 0) is 48.4 Å². The minimum absolute atomic E-state index is 0.114. The van der Waals surface area contributed by atoms with Crippen LogP contribution in [0.4, 0.5) is 0 Å². The van der Waals surface area contributed by atoms with Crippen LogP contribution in [0, 0.1) is 0 Å². The average molecular weight is 578 g/mol. The van der Waals surface area contributed by atoms with Crippen LogP contribution in [0.1, 0.15) is 49.7 Å². The third-order valence-corrected chi connectivity index (χ3v) is 6.68. The van der Waals surface area contributed by atoms with E-state index in [1.807, 2.05) is 12.1 Å². The van der Waals surface area contributed by atoms with E-state index in [0.29, 0.717) is 47.1 Å². The van der Waals surface area contributed by atoms with Gasteiger partial charge in [-0.3, -0.25) is 14.4 Å². The first-order chi connectivity index (χ1) is 20.1. The first-order valence-electron chi connectivity index (χ1n) is 13.3. The summed E-state index contributed by atoms with van der Waals surface area (Å²) in [6.45, 7) is 4.65. The number of aromatic hydroxyl groups is 2. The van der Waals surface area contributed by atoms with Crippen molar-refractivity contribution in [3.63, 3.8) is 0 Å². The summed E-state index contributed by atoms with van der Waals surface area (Å²) >= 11 is 0. The number of nitrogens with one attached hydrogen (secondary N) is 3. The average Bonchev–Trinajstić information content (AvgIpc) is 2.93. The van der Waals surface area contributed by atoms with Crippen LogP contribution >= 0.6 is 0 Å². The standard InChI is InChI=1S/C30H31N3O9/c1-15(34)31-11-10-18-4-8-23-25(12-18)39-28(30(41-23)33-17(3)36)20-6-9-24-26(14-20)40-27(29(42-24)32-16(2)35)19-5-7-21(37)22(38)13-19/h4-9,12-14,27-30,37-38H,10-11H2,1-3H3,(H,31,34)(H,32,35)(H,33,36)/t27-,28-,29+,30+/m1/s1. The van der Waals surface area contributed by atoms with E-state index in [4.69, 9.17) is 18.9 Å². The monoisotopic (exact) mass is 577 g/mol.